The van der Waals surface area contributed by atoms with Crippen molar-refractivity contribution < 1.29 is 18.9 Å². The number of hydrogen-bond donors (Lipinski definition) is 0. The maximum Gasteiger partial charge on any atom is 0.302 e. The standard InChI is InChI=1S/C12H14N2O5/c1-12(2)18-8-6-5-16-11-13-7(15)3-4-14(11)10(17-6)9(8)19-12/h3-4,6,8-10H,5H2,1-2H3/t6-,8+,9-,10+/m1/s1. The summed E-state index contributed by atoms with van der Waals surface area (Å²) in [6.07, 6.45) is 0.657. The number of hydrogen-bond acceptors (Lipinski definition) is 6. The van der Waals surface area contributed by atoms with Crippen LogP contribution in [0.4, 0.5) is 0 Å². The van der Waals surface area contributed by atoms with Gasteiger partial charge in [-0.15, -0.1) is 0 Å². The minimum absolute atomic E-state index is 0.160. The third kappa shape index (κ3) is 1.62. The lowest BCUT2D eigenvalue weighted by molar-refractivity contribution is -0.195. The van der Waals surface area contributed by atoms with E-state index in [9.17, 15) is 4.79 Å². The predicted octanol–water partition coefficient (Wildman–Crippen LogP) is 0.0532. The molecule has 7 heteroatoms. The van der Waals surface area contributed by atoms with Gasteiger partial charge in [0.05, 0.1) is 0 Å². The quantitative estimate of drug-likeness (QED) is 0.661. The topological polar surface area (TPSA) is 71.8 Å². The lowest BCUT2D eigenvalue weighted by atomic mass is 10.1. The van der Waals surface area contributed by atoms with Gasteiger partial charge in [-0.25, -0.2) is 0 Å². The van der Waals surface area contributed by atoms with Crippen molar-refractivity contribution in [1.82, 2.24) is 9.55 Å². The lowest BCUT2D eigenvalue weighted by Gasteiger charge is -2.23. The Balaban J connectivity index is 1.79. The number of fused-ring (bicyclic) bond motifs is 7. The number of ether oxygens (including phenoxy) is 4. The van der Waals surface area contributed by atoms with Crippen LogP contribution in [0, 0.1) is 0 Å². The highest BCUT2D eigenvalue weighted by molar-refractivity contribution is 5.08. The summed E-state index contributed by atoms with van der Waals surface area (Å²) in [5, 5.41) is 0. The van der Waals surface area contributed by atoms with Gasteiger partial charge in [0.15, 0.2) is 12.0 Å². The molecule has 1 aromatic rings. The Hall–Kier alpha value is -1.44. The summed E-state index contributed by atoms with van der Waals surface area (Å²) in [6, 6.07) is 1.65. The normalized spacial score (nSPS) is 38.2. The fraction of sp³-hybridized carbons (Fsp3) is 0.667. The van der Waals surface area contributed by atoms with Gasteiger partial charge in [-0.3, -0.25) is 9.36 Å². The van der Waals surface area contributed by atoms with E-state index in [0.717, 1.165) is 0 Å². The molecule has 0 N–H and O–H groups in total. The van der Waals surface area contributed by atoms with Gasteiger partial charge in [0.1, 0.15) is 24.9 Å². The molecule has 1 aromatic heterocycles. The van der Waals surface area contributed by atoms with E-state index in [4.69, 9.17) is 18.9 Å². The Morgan fingerprint density at radius 1 is 1.37 bits per heavy atom. The summed E-state index contributed by atoms with van der Waals surface area (Å²) >= 11 is 0. The molecular weight excluding hydrogens is 252 g/mol. The molecule has 0 radical (unpaired) electrons. The zero-order valence-corrected chi connectivity index (χ0v) is 10.6. The van der Waals surface area contributed by atoms with Crippen molar-refractivity contribution >= 4 is 0 Å². The van der Waals surface area contributed by atoms with E-state index >= 15 is 0 Å². The molecule has 2 fully saturated rings. The van der Waals surface area contributed by atoms with Gasteiger partial charge in [-0.1, -0.05) is 0 Å². The van der Waals surface area contributed by atoms with Crippen LogP contribution in [0.2, 0.25) is 0 Å². The molecule has 4 atom stereocenters. The van der Waals surface area contributed by atoms with Crippen LogP contribution in [-0.2, 0) is 14.2 Å². The number of rotatable bonds is 0. The summed E-state index contributed by atoms with van der Waals surface area (Å²) in [7, 11) is 0. The smallest absolute Gasteiger partial charge is 0.302 e. The van der Waals surface area contributed by atoms with Crippen LogP contribution >= 0.6 is 0 Å². The first-order valence-corrected chi connectivity index (χ1v) is 6.27. The van der Waals surface area contributed by atoms with Crippen molar-refractivity contribution in [3.05, 3.63) is 22.6 Å². The van der Waals surface area contributed by atoms with Crippen LogP contribution in [0.3, 0.4) is 0 Å². The van der Waals surface area contributed by atoms with Gasteiger partial charge >= 0.3 is 6.01 Å². The van der Waals surface area contributed by atoms with Gasteiger partial charge in [-0.2, -0.15) is 4.98 Å². The van der Waals surface area contributed by atoms with Crippen LogP contribution in [0.15, 0.2) is 17.1 Å². The van der Waals surface area contributed by atoms with E-state index < -0.39 is 5.79 Å². The molecule has 0 amide bonds. The zero-order valence-electron chi connectivity index (χ0n) is 10.6. The highest BCUT2D eigenvalue weighted by Crippen LogP contribution is 2.45. The summed E-state index contributed by atoms with van der Waals surface area (Å²) < 4.78 is 24.9. The Morgan fingerprint density at radius 3 is 3.00 bits per heavy atom. The summed E-state index contributed by atoms with van der Waals surface area (Å²) in [5.74, 6) is -0.632. The molecule has 0 aliphatic carbocycles. The fourth-order valence-corrected chi connectivity index (χ4v) is 2.87. The Labute approximate surface area is 109 Å². The monoisotopic (exact) mass is 266 g/mol. The molecule has 3 aliphatic rings. The minimum atomic E-state index is -0.632. The molecule has 3 aliphatic heterocycles. The average Bonchev–Trinajstić information content (AvgIpc) is 2.73. The molecule has 0 spiro atoms. The van der Waals surface area contributed by atoms with Crippen molar-refractivity contribution in [2.45, 2.75) is 44.2 Å². The molecule has 4 rings (SSSR count). The SMILES string of the molecule is CC1(C)O[C@@H]2[C@@H](O1)[C@@H]1O[C@@H]2COc2nc(=O)ccn21. The first-order chi connectivity index (χ1) is 9.03. The lowest BCUT2D eigenvalue weighted by Crippen LogP contribution is -2.35. The molecule has 0 unspecified atom stereocenters. The van der Waals surface area contributed by atoms with Crippen molar-refractivity contribution in [2.75, 3.05) is 6.61 Å². The van der Waals surface area contributed by atoms with Crippen molar-refractivity contribution in [3.8, 4) is 6.01 Å². The molecule has 2 saturated heterocycles. The van der Waals surface area contributed by atoms with Crippen LogP contribution in [0.25, 0.3) is 0 Å². The molecule has 0 saturated carbocycles. The van der Waals surface area contributed by atoms with Crippen LogP contribution in [0.1, 0.15) is 20.1 Å². The number of nitrogens with zero attached hydrogens (tertiary/aromatic N) is 2. The fourth-order valence-electron chi connectivity index (χ4n) is 2.87. The third-order valence-electron chi connectivity index (χ3n) is 3.58. The first kappa shape index (κ1) is 11.4. The maximum absolute atomic E-state index is 11.3. The summed E-state index contributed by atoms with van der Waals surface area (Å²) in [5.41, 5.74) is -0.329. The minimum Gasteiger partial charge on any atom is -0.462 e. The van der Waals surface area contributed by atoms with E-state index in [0.29, 0.717) is 6.61 Å². The second kappa shape index (κ2) is 3.56. The average molecular weight is 266 g/mol. The molecule has 102 valence electrons. The summed E-state index contributed by atoms with van der Waals surface area (Å²) in [4.78, 5) is 15.1. The molecule has 19 heavy (non-hydrogen) atoms. The molecular formula is C12H14N2O5. The van der Waals surface area contributed by atoms with Gasteiger partial charge in [0, 0.05) is 12.3 Å². The first-order valence-electron chi connectivity index (χ1n) is 6.27. The Morgan fingerprint density at radius 2 is 2.16 bits per heavy atom. The van der Waals surface area contributed by atoms with Crippen LogP contribution in [-0.4, -0.2) is 40.3 Å². The predicted molar refractivity (Wildman–Crippen MR) is 61.7 cm³/mol. The zero-order chi connectivity index (χ0) is 13.2. The van der Waals surface area contributed by atoms with Crippen LogP contribution < -0.4 is 10.3 Å². The third-order valence-corrected chi connectivity index (χ3v) is 3.58. The second-order valence-electron chi connectivity index (χ2n) is 5.40. The van der Waals surface area contributed by atoms with Gasteiger partial charge in [-0.05, 0) is 13.8 Å². The van der Waals surface area contributed by atoms with Crippen molar-refractivity contribution in [2.24, 2.45) is 0 Å². The van der Waals surface area contributed by atoms with Crippen molar-refractivity contribution in [1.29, 1.82) is 0 Å². The highest BCUT2D eigenvalue weighted by Gasteiger charge is 2.57. The summed E-state index contributed by atoms with van der Waals surface area (Å²) in [6.45, 7) is 4.05. The van der Waals surface area contributed by atoms with E-state index in [1.54, 1.807) is 10.8 Å². The Kier molecular flexibility index (Phi) is 2.13. The largest absolute Gasteiger partial charge is 0.462 e. The number of aromatic nitrogens is 2. The molecule has 7 nitrogen and oxygen atoms in total. The molecule has 2 bridgehead atoms. The van der Waals surface area contributed by atoms with Crippen LogP contribution in [0.5, 0.6) is 6.01 Å². The maximum atomic E-state index is 11.3. The van der Waals surface area contributed by atoms with Gasteiger partial charge in [0.25, 0.3) is 5.56 Å². The van der Waals surface area contributed by atoms with Gasteiger partial charge in [0.2, 0.25) is 0 Å². The highest BCUT2D eigenvalue weighted by atomic mass is 16.8. The van der Waals surface area contributed by atoms with E-state index in [1.165, 1.54) is 6.07 Å². The van der Waals surface area contributed by atoms with E-state index in [-0.39, 0.29) is 36.1 Å². The van der Waals surface area contributed by atoms with Gasteiger partial charge < -0.3 is 18.9 Å². The molecule has 0 aromatic carbocycles. The second-order valence-corrected chi connectivity index (χ2v) is 5.40. The van der Waals surface area contributed by atoms with E-state index in [1.807, 2.05) is 13.8 Å². The van der Waals surface area contributed by atoms with E-state index in [2.05, 4.69) is 4.98 Å². The Bertz CT molecular complexity index is 584. The van der Waals surface area contributed by atoms with Crippen molar-refractivity contribution in [3.63, 3.8) is 0 Å². The molecule has 4 heterocycles.